The number of halogens is 1. The smallest absolute Gasteiger partial charge is 0.223 e. The summed E-state index contributed by atoms with van der Waals surface area (Å²) in [6, 6.07) is 0. The molecule has 2 aliphatic rings. The molecule has 0 bridgehead atoms. The molecule has 0 aromatic heterocycles. The zero-order valence-electron chi connectivity index (χ0n) is 11.1. The Morgan fingerprint density at radius 1 is 1.33 bits per heavy atom. The zero-order valence-corrected chi connectivity index (χ0v) is 11.9. The molecule has 0 radical (unpaired) electrons. The molecule has 2 fully saturated rings. The fraction of sp³-hybridized carbons (Fsp3) is 0.917. The maximum Gasteiger partial charge on any atom is 0.223 e. The molecule has 18 heavy (non-hydrogen) atoms. The first kappa shape index (κ1) is 15.7. The number of rotatable bonds is 4. The Morgan fingerprint density at radius 2 is 2.06 bits per heavy atom. The minimum atomic E-state index is 0. The molecular formula is C12H24ClN3O2. The molecule has 2 heterocycles. The van der Waals surface area contributed by atoms with E-state index >= 15 is 0 Å². The summed E-state index contributed by atoms with van der Waals surface area (Å²) >= 11 is 0. The highest BCUT2D eigenvalue weighted by Crippen LogP contribution is 2.12. The second kappa shape index (κ2) is 7.94. The number of carbonyl (C=O) groups excluding carboxylic acids is 1. The van der Waals surface area contributed by atoms with Crippen molar-refractivity contribution in [2.75, 3.05) is 52.9 Å². The van der Waals surface area contributed by atoms with Crippen LogP contribution in [0.2, 0.25) is 0 Å². The first-order valence-corrected chi connectivity index (χ1v) is 6.53. The first-order valence-electron chi connectivity index (χ1n) is 6.53. The van der Waals surface area contributed by atoms with Gasteiger partial charge in [-0.05, 0) is 6.42 Å². The van der Waals surface area contributed by atoms with E-state index in [9.17, 15) is 4.79 Å². The van der Waals surface area contributed by atoms with E-state index in [1.54, 1.807) is 7.11 Å². The van der Waals surface area contributed by atoms with Crippen molar-refractivity contribution < 1.29 is 9.53 Å². The third kappa shape index (κ3) is 4.39. The van der Waals surface area contributed by atoms with Crippen LogP contribution >= 0.6 is 12.4 Å². The van der Waals surface area contributed by atoms with Crippen molar-refractivity contribution in [3.63, 3.8) is 0 Å². The van der Waals surface area contributed by atoms with Crippen LogP contribution in [0.5, 0.6) is 0 Å². The summed E-state index contributed by atoms with van der Waals surface area (Å²) in [4.78, 5) is 16.2. The Balaban J connectivity index is 0.00000162. The predicted molar refractivity (Wildman–Crippen MR) is 73.2 cm³/mol. The van der Waals surface area contributed by atoms with E-state index in [0.717, 1.165) is 52.2 Å². The Bertz CT molecular complexity index is 260. The van der Waals surface area contributed by atoms with E-state index in [1.807, 2.05) is 4.90 Å². The molecule has 1 amide bonds. The van der Waals surface area contributed by atoms with Gasteiger partial charge in [0.15, 0.2) is 0 Å². The second-order valence-corrected chi connectivity index (χ2v) is 4.83. The van der Waals surface area contributed by atoms with Gasteiger partial charge in [-0.15, -0.1) is 12.4 Å². The zero-order chi connectivity index (χ0) is 12.1. The number of hydrogen-bond donors (Lipinski definition) is 1. The van der Waals surface area contributed by atoms with Gasteiger partial charge in [0, 0.05) is 59.3 Å². The summed E-state index contributed by atoms with van der Waals surface area (Å²) in [5, 5.41) is 3.26. The Morgan fingerprint density at radius 3 is 2.67 bits per heavy atom. The number of nitrogens with one attached hydrogen (secondary N) is 1. The third-order valence-electron chi connectivity index (χ3n) is 3.67. The minimum absolute atomic E-state index is 0. The number of piperazine rings is 1. The van der Waals surface area contributed by atoms with Gasteiger partial charge in [-0.1, -0.05) is 0 Å². The second-order valence-electron chi connectivity index (χ2n) is 4.83. The first-order chi connectivity index (χ1) is 8.29. The highest BCUT2D eigenvalue weighted by atomic mass is 35.5. The highest BCUT2D eigenvalue weighted by Gasteiger charge is 2.23. The van der Waals surface area contributed by atoms with Gasteiger partial charge in [-0.3, -0.25) is 4.79 Å². The van der Waals surface area contributed by atoms with Crippen molar-refractivity contribution in [2.24, 2.45) is 0 Å². The molecule has 106 valence electrons. The number of ether oxygens (including phenoxy) is 1. The predicted octanol–water partition coefficient (Wildman–Crippen LogP) is -0.0492. The van der Waals surface area contributed by atoms with Crippen LogP contribution in [0.3, 0.4) is 0 Å². The van der Waals surface area contributed by atoms with Crippen LogP contribution in [-0.2, 0) is 9.53 Å². The average molecular weight is 278 g/mol. The van der Waals surface area contributed by atoms with Gasteiger partial charge in [0.25, 0.3) is 0 Å². The van der Waals surface area contributed by atoms with Gasteiger partial charge >= 0.3 is 0 Å². The SMILES string of the molecule is CO[C@H]1CCN(CCC(=O)N2CCNCC2)C1.Cl. The van der Waals surface area contributed by atoms with E-state index in [4.69, 9.17) is 4.74 Å². The number of hydrogen-bond acceptors (Lipinski definition) is 4. The monoisotopic (exact) mass is 277 g/mol. The van der Waals surface area contributed by atoms with Crippen LogP contribution in [0, 0.1) is 0 Å². The number of amides is 1. The van der Waals surface area contributed by atoms with E-state index in [0.29, 0.717) is 18.4 Å². The maximum atomic E-state index is 11.9. The number of nitrogens with zero attached hydrogens (tertiary/aromatic N) is 2. The Labute approximate surface area is 115 Å². The van der Waals surface area contributed by atoms with E-state index in [2.05, 4.69) is 10.2 Å². The van der Waals surface area contributed by atoms with Gasteiger partial charge in [0.05, 0.1) is 6.10 Å². The lowest BCUT2D eigenvalue weighted by atomic mass is 10.3. The summed E-state index contributed by atoms with van der Waals surface area (Å²) in [5.74, 6) is 0.298. The average Bonchev–Trinajstić information content (AvgIpc) is 2.85. The number of methoxy groups -OCH3 is 1. The van der Waals surface area contributed by atoms with E-state index in [1.165, 1.54) is 0 Å². The van der Waals surface area contributed by atoms with Crippen molar-refractivity contribution in [3.8, 4) is 0 Å². The summed E-state index contributed by atoms with van der Waals surface area (Å²) in [5.41, 5.74) is 0. The highest BCUT2D eigenvalue weighted by molar-refractivity contribution is 5.85. The van der Waals surface area contributed by atoms with Gasteiger partial charge in [-0.2, -0.15) is 0 Å². The van der Waals surface area contributed by atoms with E-state index < -0.39 is 0 Å². The molecular weight excluding hydrogens is 254 g/mol. The van der Waals surface area contributed by atoms with Crippen molar-refractivity contribution >= 4 is 18.3 Å². The lowest BCUT2D eigenvalue weighted by Gasteiger charge is -2.28. The van der Waals surface area contributed by atoms with Crippen molar-refractivity contribution in [1.29, 1.82) is 0 Å². The molecule has 1 atom stereocenters. The number of likely N-dealkylation sites (tertiary alicyclic amines) is 1. The minimum Gasteiger partial charge on any atom is -0.380 e. The van der Waals surface area contributed by atoms with Gasteiger partial charge in [0.1, 0.15) is 0 Å². The normalized spacial score (nSPS) is 24.9. The van der Waals surface area contributed by atoms with Gasteiger partial charge in [0.2, 0.25) is 5.91 Å². The fourth-order valence-corrected chi connectivity index (χ4v) is 2.52. The Kier molecular flexibility index (Phi) is 6.92. The molecule has 0 unspecified atom stereocenters. The molecule has 0 saturated carbocycles. The molecule has 0 aliphatic carbocycles. The van der Waals surface area contributed by atoms with Crippen LogP contribution in [0.4, 0.5) is 0 Å². The van der Waals surface area contributed by atoms with Crippen LogP contribution in [-0.4, -0.2) is 74.7 Å². The maximum absolute atomic E-state index is 11.9. The molecule has 5 nitrogen and oxygen atoms in total. The van der Waals surface area contributed by atoms with Gasteiger partial charge in [-0.25, -0.2) is 0 Å². The summed E-state index contributed by atoms with van der Waals surface area (Å²) < 4.78 is 5.32. The topological polar surface area (TPSA) is 44.8 Å². The standard InChI is InChI=1S/C12H23N3O2.ClH/c1-17-11-2-6-14(10-11)7-3-12(16)15-8-4-13-5-9-15;/h11,13H,2-10H2,1H3;1H/t11-;/m0./s1. The van der Waals surface area contributed by atoms with Crippen LogP contribution in [0.15, 0.2) is 0 Å². The lowest BCUT2D eigenvalue weighted by molar-refractivity contribution is -0.132. The molecule has 6 heteroatoms. The molecule has 0 spiro atoms. The third-order valence-corrected chi connectivity index (χ3v) is 3.67. The number of carbonyl (C=O) groups is 1. The van der Waals surface area contributed by atoms with Crippen LogP contribution in [0.25, 0.3) is 0 Å². The van der Waals surface area contributed by atoms with Crippen molar-refractivity contribution in [1.82, 2.24) is 15.1 Å². The van der Waals surface area contributed by atoms with Crippen molar-refractivity contribution in [3.05, 3.63) is 0 Å². The summed E-state index contributed by atoms with van der Waals surface area (Å²) in [6.45, 7) is 6.50. The lowest BCUT2D eigenvalue weighted by Crippen LogP contribution is -2.47. The largest absolute Gasteiger partial charge is 0.380 e. The molecule has 1 N–H and O–H groups in total. The molecule has 2 saturated heterocycles. The molecule has 2 aliphatic heterocycles. The molecule has 0 aromatic rings. The van der Waals surface area contributed by atoms with Crippen LogP contribution in [0.1, 0.15) is 12.8 Å². The summed E-state index contributed by atoms with van der Waals surface area (Å²) in [7, 11) is 1.76. The quantitative estimate of drug-likeness (QED) is 0.783. The Hall–Kier alpha value is -0.360. The van der Waals surface area contributed by atoms with Gasteiger partial charge < -0.3 is 19.9 Å². The molecule has 0 aromatic carbocycles. The van der Waals surface area contributed by atoms with Crippen molar-refractivity contribution in [2.45, 2.75) is 18.9 Å². The van der Waals surface area contributed by atoms with E-state index in [-0.39, 0.29) is 12.4 Å². The fourth-order valence-electron chi connectivity index (χ4n) is 2.52. The summed E-state index contributed by atoms with van der Waals surface area (Å²) in [6.07, 6.45) is 2.11. The molecule has 2 rings (SSSR count). The van der Waals surface area contributed by atoms with Crippen LogP contribution < -0.4 is 5.32 Å².